The van der Waals surface area contributed by atoms with E-state index in [2.05, 4.69) is 4.74 Å². The van der Waals surface area contributed by atoms with Crippen molar-refractivity contribution in [3.8, 4) is 0 Å². The highest BCUT2D eigenvalue weighted by Crippen LogP contribution is 2.30. The molecule has 1 saturated carbocycles. The third-order valence-electron chi connectivity index (χ3n) is 2.36. The van der Waals surface area contributed by atoms with E-state index in [1.807, 2.05) is 6.92 Å². The lowest BCUT2D eigenvalue weighted by molar-refractivity contribution is -0.00397. The lowest BCUT2D eigenvalue weighted by Crippen LogP contribution is -2.29. The molecule has 0 spiro atoms. The smallest absolute Gasteiger partial charge is 0.435 e. The molecule has 0 aromatic carbocycles. The zero-order chi connectivity index (χ0) is 8.97. The molecule has 1 unspecified atom stereocenters. The normalized spacial score (nSPS) is 19.5. The Morgan fingerprint density at radius 2 is 2.25 bits per heavy atom. The van der Waals surface area contributed by atoms with Crippen LogP contribution in [0.4, 0.5) is 4.79 Å². The third-order valence-corrected chi connectivity index (χ3v) is 2.36. The van der Waals surface area contributed by atoms with E-state index in [1.165, 1.54) is 19.3 Å². The fourth-order valence-electron chi connectivity index (χ4n) is 1.31. The van der Waals surface area contributed by atoms with Gasteiger partial charge in [0.2, 0.25) is 0 Å². The summed E-state index contributed by atoms with van der Waals surface area (Å²) in [4.78, 5) is 10.9. The molecule has 0 radical (unpaired) electrons. The second-order valence-electron chi connectivity index (χ2n) is 3.20. The van der Waals surface area contributed by atoms with E-state index in [4.69, 9.17) is 4.74 Å². The first-order valence-corrected chi connectivity index (χ1v) is 4.57. The first kappa shape index (κ1) is 9.36. The van der Waals surface area contributed by atoms with Gasteiger partial charge in [-0.15, -0.1) is 0 Å². The Balaban J connectivity index is 2.15. The molecule has 0 aromatic rings. The number of carbonyl (C=O) groups excluding carboxylic acids is 1. The number of ether oxygens (including phenoxy) is 2. The van der Waals surface area contributed by atoms with Crippen molar-refractivity contribution in [2.24, 2.45) is 5.92 Å². The molecule has 1 aliphatic carbocycles. The number of hydrogen-bond donors (Lipinski definition) is 0. The van der Waals surface area contributed by atoms with Crippen molar-refractivity contribution in [3.63, 3.8) is 0 Å². The van der Waals surface area contributed by atoms with Gasteiger partial charge < -0.3 is 9.47 Å². The molecule has 1 fully saturated rings. The Morgan fingerprint density at radius 3 is 2.67 bits per heavy atom. The number of hydrogen-bond acceptors (Lipinski definition) is 3. The number of rotatable bonds is 3. The van der Waals surface area contributed by atoms with Crippen LogP contribution in [0.1, 0.15) is 33.1 Å². The SMILES string of the molecule is CCOC(=O)OC(C)C1CCC1. The van der Waals surface area contributed by atoms with Crippen LogP contribution >= 0.6 is 0 Å². The van der Waals surface area contributed by atoms with Gasteiger partial charge in [-0.2, -0.15) is 0 Å². The van der Waals surface area contributed by atoms with Crippen molar-refractivity contribution >= 4 is 6.16 Å². The van der Waals surface area contributed by atoms with Crippen molar-refractivity contribution in [1.29, 1.82) is 0 Å². The summed E-state index contributed by atoms with van der Waals surface area (Å²) in [5.41, 5.74) is 0. The Bertz CT molecular complexity index is 152. The van der Waals surface area contributed by atoms with E-state index in [9.17, 15) is 4.79 Å². The predicted molar refractivity (Wildman–Crippen MR) is 44.9 cm³/mol. The van der Waals surface area contributed by atoms with Crippen LogP contribution in [0.25, 0.3) is 0 Å². The van der Waals surface area contributed by atoms with Crippen LogP contribution in [0.2, 0.25) is 0 Å². The maximum absolute atomic E-state index is 10.9. The molecular formula is C9H16O3. The molecule has 70 valence electrons. The highest BCUT2D eigenvalue weighted by molar-refractivity contribution is 5.60. The van der Waals surface area contributed by atoms with Gasteiger partial charge in [0.15, 0.2) is 0 Å². The minimum atomic E-state index is -0.531. The van der Waals surface area contributed by atoms with Gasteiger partial charge in [0.05, 0.1) is 6.61 Å². The third kappa shape index (κ3) is 2.40. The molecule has 3 nitrogen and oxygen atoms in total. The molecule has 0 heterocycles. The van der Waals surface area contributed by atoms with Gasteiger partial charge in [0.1, 0.15) is 6.10 Å². The standard InChI is InChI=1S/C9H16O3/c1-3-11-9(10)12-7(2)8-5-4-6-8/h7-8H,3-6H2,1-2H3. The van der Waals surface area contributed by atoms with Gasteiger partial charge in [-0.1, -0.05) is 6.42 Å². The second kappa shape index (κ2) is 4.33. The minimum absolute atomic E-state index is 0.0257. The maximum Gasteiger partial charge on any atom is 0.508 e. The molecule has 1 atom stereocenters. The van der Waals surface area contributed by atoms with Gasteiger partial charge in [-0.3, -0.25) is 0 Å². The van der Waals surface area contributed by atoms with Crippen molar-refractivity contribution in [3.05, 3.63) is 0 Å². The largest absolute Gasteiger partial charge is 0.508 e. The van der Waals surface area contributed by atoms with E-state index in [0.29, 0.717) is 12.5 Å². The van der Waals surface area contributed by atoms with Gasteiger partial charge in [-0.05, 0) is 32.6 Å². The van der Waals surface area contributed by atoms with Crippen LogP contribution in [0.5, 0.6) is 0 Å². The van der Waals surface area contributed by atoms with Crippen LogP contribution in [-0.4, -0.2) is 18.9 Å². The minimum Gasteiger partial charge on any atom is -0.435 e. The van der Waals surface area contributed by atoms with Gasteiger partial charge >= 0.3 is 6.16 Å². The fourth-order valence-corrected chi connectivity index (χ4v) is 1.31. The van der Waals surface area contributed by atoms with E-state index in [0.717, 1.165) is 0 Å². The van der Waals surface area contributed by atoms with E-state index in [1.54, 1.807) is 6.92 Å². The topological polar surface area (TPSA) is 35.5 Å². The van der Waals surface area contributed by atoms with E-state index >= 15 is 0 Å². The summed E-state index contributed by atoms with van der Waals surface area (Å²) in [7, 11) is 0. The summed E-state index contributed by atoms with van der Waals surface area (Å²) in [5, 5.41) is 0. The Labute approximate surface area is 73.0 Å². The predicted octanol–water partition coefficient (Wildman–Crippen LogP) is 2.35. The highest BCUT2D eigenvalue weighted by atomic mass is 16.7. The molecular weight excluding hydrogens is 156 g/mol. The molecule has 0 aliphatic heterocycles. The van der Waals surface area contributed by atoms with Crippen LogP contribution in [0.15, 0.2) is 0 Å². The summed E-state index contributed by atoms with van der Waals surface area (Å²) in [6.07, 6.45) is 3.12. The highest BCUT2D eigenvalue weighted by Gasteiger charge is 2.26. The first-order valence-electron chi connectivity index (χ1n) is 4.57. The van der Waals surface area contributed by atoms with Gasteiger partial charge in [0.25, 0.3) is 0 Å². The van der Waals surface area contributed by atoms with Crippen molar-refractivity contribution in [1.82, 2.24) is 0 Å². The molecule has 12 heavy (non-hydrogen) atoms. The first-order chi connectivity index (χ1) is 5.74. The summed E-state index contributed by atoms with van der Waals surface area (Å²) in [6.45, 7) is 4.09. The van der Waals surface area contributed by atoms with Crippen molar-refractivity contribution in [2.75, 3.05) is 6.61 Å². The number of carbonyl (C=O) groups is 1. The Morgan fingerprint density at radius 1 is 1.58 bits per heavy atom. The average molecular weight is 172 g/mol. The lowest BCUT2D eigenvalue weighted by Gasteiger charge is -2.30. The molecule has 0 saturated heterocycles. The fraction of sp³-hybridized carbons (Fsp3) is 0.889. The Hall–Kier alpha value is -0.730. The average Bonchev–Trinajstić information content (AvgIpc) is 1.82. The molecule has 1 aliphatic rings. The summed E-state index contributed by atoms with van der Waals surface area (Å²) >= 11 is 0. The molecule has 1 rings (SSSR count). The molecule has 0 aromatic heterocycles. The second-order valence-corrected chi connectivity index (χ2v) is 3.20. The quantitative estimate of drug-likeness (QED) is 0.613. The molecule has 0 amide bonds. The van der Waals surface area contributed by atoms with Crippen molar-refractivity contribution in [2.45, 2.75) is 39.2 Å². The lowest BCUT2D eigenvalue weighted by atomic mass is 9.82. The zero-order valence-electron chi connectivity index (χ0n) is 7.71. The van der Waals surface area contributed by atoms with E-state index < -0.39 is 6.16 Å². The van der Waals surface area contributed by atoms with Crippen LogP contribution in [-0.2, 0) is 9.47 Å². The molecule has 3 heteroatoms. The zero-order valence-corrected chi connectivity index (χ0v) is 7.71. The van der Waals surface area contributed by atoms with Crippen molar-refractivity contribution < 1.29 is 14.3 Å². The Kier molecular flexibility index (Phi) is 3.38. The van der Waals surface area contributed by atoms with Crippen LogP contribution < -0.4 is 0 Å². The molecule has 0 bridgehead atoms. The summed E-state index contributed by atoms with van der Waals surface area (Å²) in [6, 6.07) is 0. The van der Waals surface area contributed by atoms with Gasteiger partial charge in [-0.25, -0.2) is 4.79 Å². The van der Waals surface area contributed by atoms with Crippen LogP contribution in [0.3, 0.4) is 0 Å². The van der Waals surface area contributed by atoms with Gasteiger partial charge in [0, 0.05) is 0 Å². The molecule has 0 N–H and O–H groups in total. The van der Waals surface area contributed by atoms with Crippen LogP contribution in [0, 0.1) is 5.92 Å². The van der Waals surface area contributed by atoms with E-state index in [-0.39, 0.29) is 6.10 Å². The summed E-state index contributed by atoms with van der Waals surface area (Å²) < 4.78 is 9.70. The monoisotopic (exact) mass is 172 g/mol. The summed E-state index contributed by atoms with van der Waals surface area (Å²) in [5.74, 6) is 0.564. The maximum atomic E-state index is 10.9.